The zero-order valence-corrected chi connectivity index (χ0v) is 9.31. The number of hydrogen-bond acceptors (Lipinski definition) is 5. The summed E-state index contributed by atoms with van der Waals surface area (Å²) >= 11 is 0. The van der Waals surface area contributed by atoms with Crippen molar-refractivity contribution in [2.45, 2.75) is 32.4 Å². The Balaban J connectivity index is 2.17. The van der Waals surface area contributed by atoms with E-state index in [1.54, 1.807) is 13.3 Å². The fourth-order valence-electron chi connectivity index (χ4n) is 1.68. The minimum absolute atomic E-state index is 0.140. The van der Waals surface area contributed by atoms with Crippen LogP contribution in [0.25, 0.3) is 11.2 Å². The minimum atomic E-state index is -0.332. The van der Waals surface area contributed by atoms with Crippen LogP contribution in [0.4, 0.5) is 5.82 Å². The van der Waals surface area contributed by atoms with Gasteiger partial charge in [-0.3, -0.25) is 0 Å². The summed E-state index contributed by atoms with van der Waals surface area (Å²) in [7, 11) is 0. The van der Waals surface area contributed by atoms with Crippen molar-refractivity contribution in [1.29, 1.82) is 0 Å². The highest BCUT2D eigenvalue weighted by molar-refractivity contribution is 5.81. The van der Waals surface area contributed by atoms with Crippen molar-refractivity contribution in [2.24, 2.45) is 0 Å². The Hall–Kier alpha value is -1.69. The average molecular weight is 221 g/mol. The first-order valence-electron chi connectivity index (χ1n) is 5.25. The Kier molecular flexibility index (Phi) is 3.00. The second-order valence-corrected chi connectivity index (χ2v) is 3.95. The number of rotatable bonds is 4. The normalized spacial score (nSPS) is 14.9. The van der Waals surface area contributed by atoms with Crippen LogP contribution in [-0.2, 0) is 0 Å². The number of aromatic nitrogens is 4. The molecule has 2 heterocycles. The molecule has 0 aromatic carbocycles. The smallest absolute Gasteiger partial charge is 0.182 e. The van der Waals surface area contributed by atoms with E-state index in [2.05, 4.69) is 25.3 Å². The summed E-state index contributed by atoms with van der Waals surface area (Å²) in [6.45, 7) is 3.76. The second-order valence-electron chi connectivity index (χ2n) is 3.95. The summed E-state index contributed by atoms with van der Waals surface area (Å²) in [5, 5.41) is 12.5. The molecular formula is C10H15N5O. The summed E-state index contributed by atoms with van der Waals surface area (Å²) in [5.41, 5.74) is 1.43. The van der Waals surface area contributed by atoms with E-state index in [-0.39, 0.29) is 12.1 Å². The Bertz CT molecular complexity index is 467. The van der Waals surface area contributed by atoms with Crippen molar-refractivity contribution in [3.63, 3.8) is 0 Å². The number of hydrogen-bond donors (Lipinski definition) is 3. The molecule has 0 amide bonds. The van der Waals surface area contributed by atoms with E-state index in [1.165, 1.54) is 6.33 Å². The molecule has 16 heavy (non-hydrogen) atoms. The molecule has 6 nitrogen and oxygen atoms in total. The lowest BCUT2D eigenvalue weighted by atomic mass is 10.1. The fraction of sp³-hybridized carbons (Fsp3) is 0.500. The second kappa shape index (κ2) is 4.44. The molecule has 0 radical (unpaired) electrons. The molecule has 3 N–H and O–H groups in total. The molecule has 0 spiro atoms. The molecule has 0 fully saturated rings. The Morgan fingerprint density at radius 2 is 2.19 bits per heavy atom. The van der Waals surface area contributed by atoms with Gasteiger partial charge >= 0.3 is 0 Å². The fourth-order valence-corrected chi connectivity index (χ4v) is 1.68. The van der Waals surface area contributed by atoms with E-state index >= 15 is 0 Å². The van der Waals surface area contributed by atoms with E-state index < -0.39 is 0 Å². The van der Waals surface area contributed by atoms with Gasteiger partial charge in [-0.1, -0.05) is 0 Å². The molecule has 86 valence electrons. The lowest BCUT2D eigenvalue weighted by Crippen LogP contribution is -2.21. The van der Waals surface area contributed by atoms with Gasteiger partial charge in [-0.2, -0.15) is 0 Å². The van der Waals surface area contributed by atoms with Gasteiger partial charge in [-0.15, -0.1) is 0 Å². The van der Waals surface area contributed by atoms with Crippen LogP contribution in [0.5, 0.6) is 0 Å². The van der Waals surface area contributed by atoms with Crippen molar-refractivity contribution < 1.29 is 5.11 Å². The molecule has 0 saturated heterocycles. The summed E-state index contributed by atoms with van der Waals surface area (Å²) in [4.78, 5) is 15.2. The molecule has 2 aromatic heterocycles. The lowest BCUT2D eigenvalue weighted by Gasteiger charge is -2.15. The van der Waals surface area contributed by atoms with Crippen LogP contribution in [0, 0.1) is 0 Å². The highest BCUT2D eigenvalue weighted by atomic mass is 16.3. The van der Waals surface area contributed by atoms with Gasteiger partial charge in [-0.05, 0) is 20.3 Å². The van der Waals surface area contributed by atoms with Crippen LogP contribution in [0.3, 0.4) is 0 Å². The standard InChI is InChI=1S/C10H15N5O/c1-6(3-7(2)16)15-10-8-9(12-4-11-8)13-5-14-10/h4-7,16H,3H2,1-2H3,(H2,11,12,13,14,15). The first-order chi connectivity index (χ1) is 7.66. The van der Waals surface area contributed by atoms with Crippen molar-refractivity contribution in [2.75, 3.05) is 5.32 Å². The van der Waals surface area contributed by atoms with Crippen molar-refractivity contribution in [3.8, 4) is 0 Å². The number of nitrogens with one attached hydrogen (secondary N) is 2. The third kappa shape index (κ3) is 2.27. The molecule has 0 aliphatic carbocycles. The molecule has 0 aliphatic rings. The molecule has 2 aromatic rings. The molecule has 2 rings (SSSR count). The third-order valence-electron chi connectivity index (χ3n) is 2.30. The SMILES string of the molecule is CC(O)CC(C)Nc1ncnc2nc[nH]c12. The predicted molar refractivity (Wildman–Crippen MR) is 61.1 cm³/mol. The van der Waals surface area contributed by atoms with Gasteiger partial charge in [0, 0.05) is 6.04 Å². The van der Waals surface area contributed by atoms with Gasteiger partial charge in [0.15, 0.2) is 11.5 Å². The van der Waals surface area contributed by atoms with Gasteiger partial charge in [0.25, 0.3) is 0 Å². The van der Waals surface area contributed by atoms with Crippen molar-refractivity contribution >= 4 is 17.0 Å². The first kappa shape index (κ1) is 10.8. The van der Waals surface area contributed by atoms with Crippen LogP contribution in [-0.4, -0.2) is 37.2 Å². The van der Waals surface area contributed by atoms with E-state index in [1.807, 2.05) is 6.92 Å². The molecule has 2 unspecified atom stereocenters. The van der Waals surface area contributed by atoms with Crippen LogP contribution >= 0.6 is 0 Å². The van der Waals surface area contributed by atoms with E-state index in [0.29, 0.717) is 12.1 Å². The quantitative estimate of drug-likeness (QED) is 0.714. The van der Waals surface area contributed by atoms with Gasteiger partial charge in [-0.25, -0.2) is 15.0 Å². The molecule has 0 aliphatic heterocycles. The Morgan fingerprint density at radius 1 is 1.38 bits per heavy atom. The first-order valence-corrected chi connectivity index (χ1v) is 5.25. The van der Waals surface area contributed by atoms with Crippen LogP contribution in [0.2, 0.25) is 0 Å². The topological polar surface area (TPSA) is 86.7 Å². The number of imidazole rings is 1. The average Bonchev–Trinajstić information content (AvgIpc) is 2.65. The summed E-state index contributed by atoms with van der Waals surface area (Å²) < 4.78 is 0. The highest BCUT2D eigenvalue weighted by Gasteiger charge is 2.10. The van der Waals surface area contributed by atoms with Crippen LogP contribution in [0.1, 0.15) is 20.3 Å². The monoisotopic (exact) mass is 221 g/mol. The predicted octanol–water partition coefficient (Wildman–Crippen LogP) is 0.924. The van der Waals surface area contributed by atoms with Crippen LogP contribution in [0.15, 0.2) is 12.7 Å². The van der Waals surface area contributed by atoms with Crippen molar-refractivity contribution in [1.82, 2.24) is 19.9 Å². The van der Waals surface area contributed by atoms with Gasteiger partial charge < -0.3 is 15.4 Å². The van der Waals surface area contributed by atoms with Gasteiger partial charge in [0.2, 0.25) is 0 Å². The minimum Gasteiger partial charge on any atom is -0.393 e. The molecular weight excluding hydrogens is 206 g/mol. The number of H-pyrrole nitrogens is 1. The van der Waals surface area contributed by atoms with Crippen molar-refractivity contribution in [3.05, 3.63) is 12.7 Å². The van der Waals surface area contributed by atoms with Gasteiger partial charge in [0.1, 0.15) is 11.8 Å². The molecule has 2 atom stereocenters. The zero-order chi connectivity index (χ0) is 11.5. The Labute approximate surface area is 93.1 Å². The maximum atomic E-state index is 9.28. The number of nitrogens with zero attached hydrogens (tertiary/aromatic N) is 3. The number of aliphatic hydroxyl groups is 1. The summed E-state index contributed by atoms with van der Waals surface area (Å²) in [5.74, 6) is 0.718. The van der Waals surface area contributed by atoms with Gasteiger partial charge in [0.05, 0.1) is 12.4 Å². The zero-order valence-electron chi connectivity index (χ0n) is 9.31. The van der Waals surface area contributed by atoms with E-state index in [9.17, 15) is 5.11 Å². The molecule has 0 saturated carbocycles. The maximum Gasteiger partial charge on any atom is 0.182 e. The molecule has 0 bridgehead atoms. The van der Waals surface area contributed by atoms with E-state index in [0.717, 1.165) is 11.3 Å². The molecule has 6 heteroatoms. The maximum absolute atomic E-state index is 9.28. The highest BCUT2D eigenvalue weighted by Crippen LogP contribution is 2.16. The third-order valence-corrected chi connectivity index (χ3v) is 2.30. The number of aromatic amines is 1. The number of anilines is 1. The largest absolute Gasteiger partial charge is 0.393 e. The summed E-state index contributed by atoms with van der Waals surface area (Å²) in [6, 6.07) is 0.140. The van der Waals surface area contributed by atoms with E-state index in [4.69, 9.17) is 0 Å². The van der Waals surface area contributed by atoms with Crippen LogP contribution < -0.4 is 5.32 Å². The number of aliphatic hydroxyl groups excluding tert-OH is 1. The lowest BCUT2D eigenvalue weighted by molar-refractivity contribution is 0.179. The summed E-state index contributed by atoms with van der Waals surface area (Å²) in [6.07, 6.45) is 3.39. The number of fused-ring (bicyclic) bond motifs is 1. The Morgan fingerprint density at radius 3 is 2.94 bits per heavy atom.